The molecule has 0 spiro atoms. The molecule has 3 nitrogen and oxygen atoms in total. The lowest BCUT2D eigenvalue weighted by molar-refractivity contribution is 0.415. The van der Waals surface area contributed by atoms with Gasteiger partial charge in [0.05, 0.1) is 12.8 Å². The molecule has 2 aromatic carbocycles. The van der Waals surface area contributed by atoms with E-state index in [1.54, 1.807) is 19.1 Å². The number of para-hydroxylation sites is 1. The number of nitrogens with zero attached hydrogens (tertiary/aromatic N) is 2. The Morgan fingerprint density at radius 3 is 2.42 bits per heavy atom. The maximum atomic E-state index is 5.16. The molecule has 1 aliphatic rings. The molecule has 0 atom stereocenters. The van der Waals surface area contributed by atoms with Crippen LogP contribution in [0.4, 0.5) is 5.69 Å². The van der Waals surface area contributed by atoms with Gasteiger partial charge in [-0.05, 0) is 36.4 Å². The lowest BCUT2D eigenvalue weighted by atomic mass is 10.2. The Morgan fingerprint density at radius 1 is 1.00 bits per heavy atom. The summed E-state index contributed by atoms with van der Waals surface area (Å²) in [4.78, 5) is 0. The first-order valence-corrected chi connectivity index (χ1v) is 7.30. The highest BCUT2D eigenvalue weighted by Gasteiger charge is 2.20. The van der Waals surface area contributed by atoms with Crippen LogP contribution in [0, 0.1) is 0 Å². The van der Waals surface area contributed by atoms with Gasteiger partial charge < -0.3 is 4.74 Å². The second-order valence-electron chi connectivity index (χ2n) is 3.89. The van der Waals surface area contributed by atoms with Crippen molar-refractivity contribution in [3.63, 3.8) is 0 Å². The van der Waals surface area contributed by atoms with Crippen molar-refractivity contribution >= 4 is 34.8 Å². The van der Waals surface area contributed by atoms with Gasteiger partial charge in [0, 0.05) is 17.5 Å². The van der Waals surface area contributed by atoms with E-state index in [2.05, 4.69) is 20.2 Å². The molecule has 3 rings (SSSR count). The van der Waals surface area contributed by atoms with E-state index in [9.17, 15) is 0 Å². The Kier molecular flexibility index (Phi) is 3.66. The van der Waals surface area contributed by atoms with Crippen LogP contribution in [-0.2, 0) is 0 Å². The number of hydrogen-bond acceptors (Lipinski definition) is 5. The first kappa shape index (κ1) is 12.4. The monoisotopic (exact) mass is 288 g/mol. The summed E-state index contributed by atoms with van der Waals surface area (Å²) in [6.07, 6.45) is 0. The summed E-state index contributed by atoms with van der Waals surface area (Å²) >= 11 is 3.10. The minimum atomic E-state index is 0.861. The van der Waals surface area contributed by atoms with Gasteiger partial charge in [-0.25, -0.2) is 3.71 Å². The summed E-state index contributed by atoms with van der Waals surface area (Å²) in [7, 11) is 1.67. The second kappa shape index (κ2) is 5.59. The van der Waals surface area contributed by atoms with Gasteiger partial charge in [0.2, 0.25) is 0 Å². The average Bonchev–Trinajstić information content (AvgIpc) is 2.98. The second-order valence-corrected chi connectivity index (χ2v) is 5.77. The molecule has 0 amide bonds. The maximum absolute atomic E-state index is 5.16. The molecule has 0 saturated carbocycles. The van der Waals surface area contributed by atoms with Gasteiger partial charge in [0.1, 0.15) is 22.9 Å². The molecule has 0 aromatic heterocycles. The molecule has 0 bridgehead atoms. The largest absolute Gasteiger partial charge is 0.497 e. The van der Waals surface area contributed by atoms with Crippen molar-refractivity contribution in [3.05, 3.63) is 60.2 Å². The molecule has 19 heavy (non-hydrogen) atoms. The van der Waals surface area contributed by atoms with Gasteiger partial charge in [-0.3, -0.25) is 0 Å². The molecular formula is C14H12N2OS2. The third-order valence-electron chi connectivity index (χ3n) is 2.67. The van der Waals surface area contributed by atoms with Gasteiger partial charge in [0.25, 0.3) is 0 Å². The molecule has 5 heteroatoms. The third kappa shape index (κ3) is 2.72. The fourth-order valence-corrected chi connectivity index (χ4v) is 3.45. The van der Waals surface area contributed by atoms with E-state index in [4.69, 9.17) is 4.74 Å². The van der Waals surface area contributed by atoms with E-state index in [0.717, 1.165) is 22.0 Å². The summed E-state index contributed by atoms with van der Waals surface area (Å²) in [5.41, 5.74) is 2.25. The van der Waals surface area contributed by atoms with Crippen LogP contribution in [0.2, 0.25) is 0 Å². The van der Waals surface area contributed by atoms with Gasteiger partial charge in [0.15, 0.2) is 0 Å². The zero-order valence-electron chi connectivity index (χ0n) is 10.3. The lowest BCUT2D eigenvalue weighted by Gasteiger charge is -2.12. The Balaban J connectivity index is 1.74. The molecule has 1 heterocycles. The van der Waals surface area contributed by atoms with Crippen molar-refractivity contribution in [1.29, 1.82) is 0 Å². The number of methoxy groups -OCH3 is 1. The van der Waals surface area contributed by atoms with Gasteiger partial charge in [-0.15, -0.1) is 0 Å². The zero-order chi connectivity index (χ0) is 13.1. The third-order valence-corrected chi connectivity index (χ3v) is 4.71. The van der Waals surface area contributed by atoms with E-state index in [0.29, 0.717) is 0 Å². The van der Waals surface area contributed by atoms with Crippen LogP contribution in [0.1, 0.15) is 5.56 Å². The van der Waals surface area contributed by atoms with Crippen LogP contribution < -0.4 is 8.45 Å². The van der Waals surface area contributed by atoms with Gasteiger partial charge >= 0.3 is 0 Å². The molecule has 0 radical (unpaired) electrons. The summed E-state index contributed by atoms with van der Waals surface area (Å²) in [6, 6.07) is 18.2. The molecule has 1 aliphatic heterocycles. The molecular weight excluding hydrogens is 276 g/mol. The fraction of sp³-hybridized carbons (Fsp3) is 0.0714. The smallest absolute Gasteiger partial charge is 0.135 e. The number of anilines is 1. The van der Waals surface area contributed by atoms with Crippen LogP contribution in [0.3, 0.4) is 0 Å². The van der Waals surface area contributed by atoms with Crippen molar-refractivity contribution in [2.75, 3.05) is 10.8 Å². The molecule has 0 fully saturated rings. The van der Waals surface area contributed by atoms with Crippen LogP contribution in [0.25, 0.3) is 0 Å². The Hall–Kier alpha value is -1.59. The highest BCUT2D eigenvalue weighted by molar-refractivity contribution is 8.29. The maximum Gasteiger partial charge on any atom is 0.135 e. The molecule has 2 aromatic rings. The van der Waals surface area contributed by atoms with Crippen LogP contribution >= 0.6 is 24.1 Å². The highest BCUT2D eigenvalue weighted by Crippen LogP contribution is 2.39. The van der Waals surface area contributed by atoms with Crippen molar-refractivity contribution in [1.82, 2.24) is 0 Å². The molecule has 0 unspecified atom stereocenters. The summed E-state index contributed by atoms with van der Waals surface area (Å²) in [6.45, 7) is 0. The van der Waals surface area contributed by atoms with Crippen LogP contribution in [-0.4, -0.2) is 12.2 Å². The summed E-state index contributed by atoms with van der Waals surface area (Å²) in [5, 5.41) is 1.01. The number of hydrogen-bond donors (Lipinski definition) is 0. The fourth-order valence-electron chi connectivity index (χ4n) is 1.67. The van der Waals surface area contributed by atoms with E-state index in [-0.39, 0.29) is 0 Å². The first-order valence-electron chi connectivity index (χ1n) is 5.79. The van der Waals surface area contributed by atoms with Crippen LogP contribution in [0.5, 0.6) is 5.75 Å². The Bertz CT molecular complexity index is 584. The van der Waals surface area contributed by atoms with E-state index >= 15 is 0 Å². The zero-order valence-corrected chi connectivity index (χ0v) is 11.9. The van der Waals surface area contributed by atoms with E-state index in [1.165, 1.54) is 12.1 Å². The standard InChI is InChI=1S/C14H12N2OS2/c1-17-13-9-7-11(8-10-13)14-15-19-16(18-14)12-5-3-2-4-6-12/h2-10H,1H3. The SMILES string of the molecule is COc1ccc(C2=NSN(c3ccccc3)S2)cc1. The lowest BCUT2D eigenvalue weighted by Crippen LogP contribution is -2.01. The van der Waals surface area contributed by atoms with E-state index in [1.807, 2.05) is 42.5 Å². The van der Waals surface area contributed by atoms with Gasteiger partial charge in [-0.2, -0.15) is 4.40 Å². The van der Waals surface area contributed by atoms with Crippen molar-refractivity contribution in [3.8, 4) is 5.75 Å². The molecule has 0 aliphatic carbocycles. The van der Waals surface area contributed by atoms with Gasteiger partial charge in [-0.1, -0.05) is 18.2 Å². The average molecular weight is 288 g/mol. The van der Waals surface area contributed by atoms with Crippen LogP contribution in [0.15, 0.2) is 59.0 Å². The van der Waals surface area contributed by atoms with E-state index < -0.39 is 0 Å². The summed E-state index contributed by atoms with van der Waals surface area (Å²) < 4.78 is 11.8. The number of rotatable bonds is 3. The topological polar surface area (TPSA) is 24.8 Å². The van der Waals surface area contributed by atoms with Crippen molar-refractivity contribution in [2.45, 2.75) is 0 Å². The number of benzene rings is 2. The number of ether oxygens (including phenoxy) is 1. The minimum Gasteiger partial charge on any atom is -0.497 e. The minimum absolute atomic E-state index is 0.861. The molecule has 0 N–H and O–H groups in total. The predicted molar refractivity (Wildman–Crippen MR) is 83.6 cm³/mol. The van der Waals surface area contributed by atoms with Crippen molar-refractivity contribution < 1.29 is 4.74 Å². The molecule has 96 valence electrons. The predicted octanol–water partition coefficient (Wildman–Crippen LogP) is 4.17. The molecule has 0 saturated heterocycles. The Morgan fingerprint density at radius 2 is 1.74 bits per heavy atom. The Labute approximate surface area is 121 Å². The quantitative estimate of drug-likeness (QED) is 0.791. The normalized spacial score (nSPS) is 14.4. The van der Waals surface area contributed by atoms with Crippen molar-refractivity contribution in [2.24, 2.45) is 4.40 Å². The first-order chi connectivity index (χ1) is 9.36. The summed E-state index contributed by atoms with van der Waals surface area (Å²) in [5.74, 6) is 0.861. The highest BCUT2D eigenvalue weighted by atomic mass is 32.2.